The molecule has 1 unspecified atom stereocenters. The lowest BCUT2D eigenvalue weighted by molar-refractivity contribution is -0.141. The third kappa shape index (κ3) is 3.24. The van der Waals surface area contributed by atoms with Crippen molar-refractivity contribution in [3.63, 3.8) is 0 Å². The summed E-state index contributed by atoms with van der Waals surface area (Å²) in [4.78, 5) is 24.2. The highest BCUT2D eigenvalue weighted by Gasteiger charge is 2.27. The van der Waals surface area contributed by atoms with Crippen molar-refractivity contribution in [2.45, 2.75) is 12.5 Å². The lowest BCUT2D eigenvalue weighted by atomic mass is 10.1. The number of nitrogens with zero attached hydrogens (tertiary/aromatic N) is 1. The van der Waals surface area contributed by atoms with E-state index in [9.17, 15) is 14.0 Å². The van der Waals surface area contributed by atoms with Crippen LogP contribution in [0.5, 0.6) is 5.75 Å². The summed E-state index contributed by atoms with van der Waals surface area (Å²) < 4.78 is 18.9. The van der Waals surface area contributed by atoms with Crippen molar-refractivity contribution in [3.8, 4) is 5.75 Å². The fourth-order valence-corrected chi connectivity index (χ4v) is 2.07. The van der Waals surface area contributed by atoms with Crippen LogP contribution >= 0.6 is 0 Å². The molecule has 0 saturated carbocycles. The fraction of sp³-hybridized carbons (Fsp3) is 0.385. The van der Waals surface area contributed by atoms with Crippen molar-refractivity contribution in [1.29, 1.82) is 0 Å². The van der Waals surface area contributed by atoms with Gasteiger partial charge in [-0.25, -0.2) is 4.39 Å². The Hall–Kier alpha value is -2.15. The number of aliphatic carboxylic acids is 1. The van der Waals surface area contributed by atoms with Crippen molar-refractivity contribution >= 4 is 11.9 Å². The number of phenolic OH excluding ortho intramolecular Hbond substituents is 1. The van der Waals surface area contributed by atoms with Crippen LogP contribution in [-0.2, 0) is 9.53 Å². The van der Waals surface area contributed by atoms with E-state index in [-0.39, 0.29) is 37.4 Å². The van der Waals surface area contributed by atoms with Gasteiger partial charge >= 0.3 is 5.97 Å². The van der Waals surface area contributed by atoms with E-state index in [4.69, 9.17) is 14.9 Å². The van der Waals surface area contributed by atoms with Gasteiger partial charge < -0.3 is 19.8 Å². The van der Waals surface area contributed by atoms with E-state index in [1.165, 1.54) is 17.0 Å². The molecule has 1 aliphatic rings. The number of rotatable bonds is 3. The van der Waals surface area contributed by atoms with Crippen LogP contribution in [0.4, 0.5) is 4.39 Å². The average molecular weight is 283 g/mol. The molecule has 0 aromatic heterocycles. The zero-order valence-corrected chi connectivity index (χ0v) is 10.6. The largest absolute Gasteiger partial charge is 0.508 e. The Bertz CT molecular complexity index is 533. The van der Waals surface area contributed by atoms with E-state index in [1.807, 2.05) is 0 Å². The Morgan fingerprint density at radius 2 is 2.20 bits per heavy atom. The van der Waals surface area contributed by atoms with Crippen molar-refractivity contribution < 1.29 is 28.9 Å². The number of hydrogen-bond acceptors (Lipinski definition) is 4. The number of aromatic hydroxyl groups is 1. The molecule has 2 rings (SSSR count). The highest BCUT2D eigenvalue weighted by atomic mass is 19.1. The number of carboxylic acids is 1. The summed E-state index contributed by atoms with van der Waals surface area (Å²) in [6.45, 7) is 0.587. The van der Waals surface area contributed by atoms with Crippen molar-refractivity contribution in [3.05, 3.63) is 29.6 Å². The van der Waals surface area contributed by atoms with Crippen molar-refractivity contribution in [2.24, 2.45) is 0 Å². The molecule has 6 nitrogen and oxygen atoms in total. The van der Waals surface area contributed by atoms with E-state index in [0.29, 0.717) is 0 Å². The van der Waals surface area contributed by atoms with Crippen LogP contribution in [0.25, 0.3) is 0 Å². The second-order valence-corrected chi connectivity index (χ2v) is 4.51. The molecule has 108 valence electrons. The van der Waals surface area contributed by atoms with Gasteiger partial charge in [-0.15, -0.1) is 0 Å². The maximum Gasteiger partial charge on any atom is 0.306 e. The molecule has 7 heteroatoms. The van der Waals surface area contributed by atoms with Crippen LogP contribution in [0.2, 0.25) is 0 Å². The van der Waals surface area contributed by atoms with Gasteiger partial charge in [0.15, 0.2) is 0 Å². The van der Waals surface area contributed by atoms with Gasteiger partial charge in [-0.2, -0.15) is 0 Å². The van der Waals surface area contributed by atoms with E-state index >= 15 is 0 Å². The SMILES string of the molecule is O=C(O)CC1CN(C(=O)c2ccc(O)cc2F)CCO1. The van der Waals surface area contributed by atoms with Crippen LogP contribution in [0.1, 0.15) is 16.8 Å². The van der Waals surface area contributed by atoms with Crippen LogP contribution in [-0.4, -0.2) is 52.8 Å². The number of carbonyl (C=O) groups excluding carboxylic acids is 1. The molecular weight excluding hydrogens is 269 g/mol. The summed E-state index contributed by atoms with van der Waals surface area (Å²) >= 11 is 0. The van der Waals surface area contributed by atoms with E-state index in [1.54, 1.807) is 0 Å². The molecule has 1 saturated heterocycles. The van der Waals surface area contributed by atoms with E-state index in [0.717, 1.165) is 6.07 Å². The minimum absolute atomic E-state index is 0.103. The first kappa shape index (κ1) is 14.3. The molecule has 0 spiro atoms. The maximum absolute atomic E-state index is 13.6. The molecule has 1 aromatic carbocycles. The summed E-state index contributed by atoms with van der Waals surface area (Å²) in [7, 11) is 0. The van der Waals surface area contributed by atoms with Crippen LogP contribution < -0.4 is 0 Å². The van der Waals surface area contributed by atoms with Gasteiger partial charge in [0.2, 0.25) is 0 Å². The number of halogens is 1. The number of carbonyl (C=O) groups is 2. The third-order valence-electron chi connectivity index (χ3n) is 3.01. The van der Waals surface area contributed by atoms with Gasteiger partial charge in [-0.1, -0.05) is 0 Å². The standard InChI is InChI=1S/C13H14FNO5/c14-11-5-8(16)1-2-10(11)13(19)15-3-4-20-9(7-15)6-12(17)18/h1-2,5,9,16H,3-4,6-7H2,(H,17,18). The second-order valence-electron chi connectivity index (χ2n) is 4.51. The number of ether oxygens (including phenoxy) is 1. The van der Waals surface area contributed by atoms with E-state index in [2.05, 4.69) is 0 Å². The normalized spacial score (nSPS) is 18.9. The Morgan fingerprint density at radius 1 is 1.45 bits per heavy atom. The molecule has 0 bridgehead atoms. The molecule has 1 atom stereocenters. The van der Waals surface area contributed by atoms with Crippen LogP contribution in [0, 0.1) is 5.82 Å². The lowest BCUT2D eigenvalue weighted by Gasteiger charge is -2.32. The van der Waals surface area contributed by atoms with Gasteiger partial charge in [0, 0.05) is 19.2 Å². The molecule has 1 fully saturated rings. The predicted octanol–water partition coefficient (Wildman–Crippen LogP) is 0.847. The molecule has 20 heavy (non-hydrogen) atoms. The van der Waals surface area contributed by atoms with E-state index < -0.39 is 23.8 Å². The quantitative estimate of drug-likeness (QED) is 0.858. The lowest BCUT2D eigenvalue weighted by Crippen LogP contribution is -2.46. The summed E-state index contributed by atoms with van der Waals surface area (Å²) in [5.74, 6) is -2.62. The summed E-state index contributed by atoms with van der Waals surface area (Å²) in [6, 6.07) is 3.29. The molecule has 0 aliphatic carbocycles. The minimum atomic E-state index is -1.01. The molecule has 1 aliphatic heterocycles. The number of hydrogen-bond donors (Lipinski definition) is 2. The zero-order valence-electron chi connectivity index (χ0n) is 10.6. The molecular formula is C13H14FNO5. The van der Waals surface area contributed by atoms with Gasteiger partial charge in [-0.05, 0) is 12.1 Å². The van der Waals surface area contributed by atoms with Gasteiger partial charge in [0.05, 0.1) is 24.7 Å². The number of amides is 1. The molecule has 1 amide bonds. The topological polar surface area (TPSA) is 87.1 Å². The molecule has 1 heterocycles. The summed E-state index contributed by atoms with van der Waals surface area (Å²) in [5, 5.41) is 17.8. The monoisotopic (exact) mass is 283 g/mol. The van der Waals surface area contributed by atoms with Gasteiger partial charge in [0.1, 0.15) is 11.6 Å². The molecule has 1 aromatic rings. The predicted molar refractivity (Wildman–Crippen MR) is 66.0 cm³/mol. The Balaban J connectivity index is 2.10. The van der Waals surface area contributed by atoms with Crippen molar-refractivity contribution in [2.75, 3.05) is 19.7 Å². The number of carboxylic acid groups (broad SMARTS) is 1. The van der Waals surface area contributed by atoms with Gasteiger partial charge in [-0.3, -0.25) is 9.59 Å². The number of morpholine rings is 1. The first-order valence-electron chi connectivity index (χ1n) is 6.08. The Kier molecular flexibility index (Phi) is 4.19. The molecule has 0 radical (unpaired) electrons. The van der Waals surface area contributed by atoms with Gasteiger partial charge in [0.25, 0.3) is 5.91 Å². The summed E-state index contributed by atoms with van der Waals surface area (Å²) in [6.07, 6.45) is -0.799. The first-order valence-corrected chi connectivity index (χ1v) is 6.08. The second kappa shape index (κ2) is 5.87. The average Bonchev–Trinajstić information content (AvgIpc) is 2.37. The number of benzene rings is 1. The highest BCUT2D eigenvalue weighted by Crippen LogP contribution is 2.18. The smallest absolute Gasteiger partial charge is 0.306 e. The Labute approximate surface area is 114 Å². The van der Waals surface area contributed by atoms with Crippen molar-refractivity contribution in [1.82, 2.24) is 4.90 Å². The maximum atomic E-state index is 13.6. The zero-order chi connectivity index (χ0) is 14.7. The number of phenols is 1. The van der Waals surface area contributed by atoms with Crippen LogP contribution in [0.3, 0.4) is 0 Å². The minimum Gasteiger partial charge on any atom is -0.508 e. The fourth-order valence-electron chi connectivity index (χ4n) is 2.07. The highest BCUT2D eigenvalue weighted by molar-refractivity contribution is 5.94. The third-order valence-corrected chi connectivity index (χ3v) is 3.01. The Morgan fingerprint density at radius 3 is 2.85 bits per heavy atom. The molecule has 2 N–H and O–H groups in total. The van der Waals surface area contributed by atoms with Crippen LogP contribution in [0.15, 0.2) is 18.2 Å². The first-order chi connectivity index (χ1) is 9.47. The summed E-state index contributed by atoms with van der Waals surface area (Å²) in [5.41, 5.74) is -0.154.